The maximum absolute atomic E-state index is 12.9. The Labute approximate surface area is 522 Å². The average molecular weight is 1200 g/mol. The van der Waals surface area contributed by atoms with Crippen LogP contribution in [-0.4, -0.2) is 74.9 Å². The van der Waals surface area contributed by atoms with Crippen molar-refractivity contribution in [2.45, 2.75) is 367 Å². The lowest BCUT2D eigenvalue weighted by Crippen LogP contribution is -2.37. The largest absolute Gasteiger partial charge is 0.472 e. The van der Waals surface area contributed by atoms with Gasteiger partial charge in [-0.2, -0.15) is 0 Å². The number of nitrogens with zero attached hydrogens (tertiary/aromatic N) is 1. The van der Waals surface area contributed by atoms with Gasteiger partial charge in [-0.05, 0) is 51.4 Å². The van der Waals surface area contributed by atoms with Gasteiger partial charge in [-0.1, -0.05) is 345 Å². The van der Waals surface area contributed by atoms with Gasteiger partial charge in [-0.25, -0.2) is 4.57 Å². The molecule has 0 spiro atoms. The maximum Gasteiger partial charge on any atom is 0.472 e. The second-order valence-corrected chi connectivity index (χ2v) is 27.4. The number of carbonyl (C=O) groups excluding carboxylic acids is 2. The van der Waals surface area contributed by atoms with Crippen LogP contribution in [0.1, 0.15) is 361 Å². The van der Waals surface area contributed by atoms with Gasteiger partial charge in [-0.15, -0.1) is 0 Å². The molecule has 2 unspecified atom stereocenters. The van der Waals surface area contributed by atoms with E-state index in [4.69, 9.17) is 18.5 Å². The van der Waals surface area contributed by atoms with Crippen molar-refractivity contribution in [1.82, 2.24) is 0 Å². The Bertz CT molecular complexity index is 1560. The van der Waals surface area contributed by atoms with Crippen LogP contribution in [0, 0.1) is 0 Å². The van der Waals surface area contributed by atoms with Crippen molar-refractivity contribution in [2.75, 3.05) is 47.5 Å². The molecule has 0 rings (SSSR count). The highest BCUT2D eigenvalue weighted by Gasteiger charge is 2.27. The van der Waals surface area contributed by atoms with Crippen LogP contribution >= 0.6 is 7.82 Å². The number of allylic oxidation sites excluding steroid dienone is 8. The number of unbranched alkanes of at least 4 members (excludes halogenated alkanes) is 46. The number of hydrogen-bond acceptors (Lipinski definition) is 7. The number of likely N-dealkylation sites (N-methyl/N-ethyl adjacent to an activating group) is 1. The fourth-order valence-electron chi connectivity index (χ4n) is 10.8. The van der Waals surface area contributed by atoms with E-state index in [2.05, 4.69) is 62.5 Å². The maximum atomic E-state index is 12.9. The van der Waals surface area contributed by atoms with Gasteiger partial charge in [0, 0.05) is 12.8 Å². The zero-order valence-electron chi connectivity index (χ0n) is 56.4. The molecule has 10 heteroatoms. The first-order chi connectivity index (χ1) is 41.0. The van der Waals surface area contributed by atoms with Gasteiger partial charge in [0.15, 0.2) is 6.10 Å². The minimum absolute atomic E-state index is 0.0324. The fourth-order valence-corrected chi connectivity index (χ4v) is 11.6. The number of hydrogen-bond donors (Lipinski definition) is 1. The van der Waals surface area contributed by atoms with Gasteiger partial charge in [0.2, 0.25) is 0 Å². The third-order valence-electron chi connectivity index (χ3n) is 16.4. The minimum atomic E-state index is -4.39. The number of esters is 2. The Morgan fingerprint density at radius 2 is 0.679 bits per heavy atom. The number of ether oxygens (including phenoxy) is 2. The molecule has 0 aromatic heterocycles. The lowest BCUT2D eigenvalue weighted by Gasteiger charge is -2.24. The Morgan fingerprint density at radius 1 is 0.381 bits per heavy atom. The number of quaternary nitrogens is 1. The summed E-state index contributed by atoms with van der Waals surface area (Å²) in [5, 5.41) is 0. The van der Waals surface area contributed by atoms with Gasteiger partial charge >= 0.3 is 19.8 Å². The topological polar surface area (TPSA) is 108 Å². The van der Waals surface area contributed by atoms with Gasteiger partial charge in [0.05, 0.1) is 27.7 Å². The molecule has 0 radical (unpaired) electrons. The molecule has 0 saturated heterocycles. The molecule has 0 aliphatic carbocycles. The predicted molar refractivity (Wildman–Crippen MR) is 363 cm³/mol. The standard InChI is InChI=1S/C74H140NO8P/c1-6-8-10-12-14-16-18-20-22-24-26-28-30-32-33-34-35-36-37-38-39-40-41-43-44-46-48-50-52-54-56-58-60-62-64-66-73(76)80-70-72(71-82-84(78,79)81-69-68-75(3,4)5)83-74(77)67-65-63-61-59-57-55-53-51-49-47-45-42-31-29-27-25-23-21-19-17-15-13-11-9-7-2/h9,11,15,17,21,23,27,29,72H,6-8,10,12-14,16,18-20,22,24-26,28,30-71H2,1-5H3/p+1/b11-9-,17-15-,23-21-,29-27-. The summed E-state index contributed by atoms with van der Waals surface area (Å²) in [4.78, 5) is 35.9. The van der Waals surface area contributed by atoms with E-state index < -0.39 is 26.5 Å². The molecule has 0 amide bonds. The summed E-state index contributed by atoms with van der Waals surface area (Å²) < 4.78 is 34.7. The molecule has 0 aliphatic rings. The van der Waals surface area contributed by atoms with E-state index in [9.17, 15) is 19.0 Å². The lowest BCUT2D eigenvalue weighted by molar-refractivity contribution is -0.870. The Hall–Kier alpha value is -2.03. The highest BCUT2D eigenvalue weighted by molar-refractivity contribution is 7.47. The van der Waals surface area contributed by atoms with Crippen molar-refractivity contribution in [1.29, 1.82) is 0 Å². The number of carbonyl (C=O) groups is 2. The fraction of sp³-hybridized carbons (Fsp3) is 0.865. The molecule has 9 nitrogen and oxygen atoms in total. The number of rotatable bonds is 68. The zero-order valence-corrected chi connectivity index (χ0v) is 57.3. The van der Waals surface area contributed by atoms with Crippen LogP contribution < -0.4 is 0 Å². The monoisotopic (exact) mass is 1200 g/mol. The summed E-state index contributed by atoms with van der Waals surface area (Å²) in [6, 6.07) is 0. The van der Waals surface area contributed by atoms with E-state index in [0.717, 1.165) is 64.2 Å². The minimum Gasteiger partial charge on any atom is -0.462 e. The van der Waals surface area contributed by atoms with Crippen LogP contribution in [0.15, 0.2) is 48.6 Å². The summed E-state index contributed by atoms with van der Waals surface area (Å²) >= 11 is 0. The summed E-state index contributed by atoms with van der Waals surface area (Å²) in [6.45, 7) is 4.38. The first kappa shape index (κ1) is 82.0. The highest BCUT2D eigenvalue weighted by Crippen LogP contribution is 2.43. The average Bonchev–Trinajstić information content (AvgIpc) is 3.60. The molecule has 0 aromatic rings. The molecule has 494 valence electrons. The van der Waals surface area contributed by atoms with Crippen LogP contribution in [0.2, 0.25) is 0 Å². The summed E-state index contributed by atoms with van der Waals surface area (Å²) in [5.74, 6) is -0.782. The molecule has 0 saturated carbocycles. The third kappa shape index (κ3) is 69.1. The van der Waals surface area contributed by atoms with Crippen molar-refractivity contribution in [3.8, 4) is 0 Å². The molecule has 0 aromatic carbocycles. The van der Waals surface area contributed by atoms with E-state index in [1.54, 1.807) is 0 Å². The Balaban J connectivity index is 3.95. The second kappa shape index (κ2) is 65.4. The van der Waals surface area contributed by atoms with E-state index in [-0.39, 0.29) is 25.6 Å². The van der Waals surface area contributed by atoms with E-state index in [0.29, 0.717) is 23.9 Å². The van der Waals surface area contributed by atoms with Crippen molar-refractivity contribution < 1.29 is 42.1 Å². The quantitative estimate of drug-likeness (QED) is 0.0211. The lowest BCUT2D eigenvalue weighted by atomic mass is 10.0. The van der Waals surface area contributed by atoms with Crippen molar-refractivity contribution in [3.05, 3.63) is 48.6 Å². The SMILES string of the molecule is CC/C=C\C/C=C\C/C=C\C/C=C\CCCCCCCCCCCCCCC(=O)OC(COC(=O)CCCCCCCCCCCCCCCCCCCCCCCCCCCCCCCCCCCCC)COP(=O)(O)OCC[N+](C)(C)C. The molecule has 0 aliphatic heterocycles. The van der Waals surface area contributed by atoms with Crippen LogP contribution in [0.25, 0.3) is 0 Å². The Morgan fingerprint density at radius 3 is 1.01 bits per heavy atom. The first-order valence-corrected chi connectivity index (χ1v) is 37.9. The van der Waals surface area contributed by atoms with Crippen molar-refractivity contribution in [3.63, 3.8) is 0 Å². The highest BCUT2D eigenvalue weighted by atomic mass is 31.2. The summed E-state index contributed by atoms with van der Waals surface area (Å²) in [6.07, 6.45) is 85.3. The Kier molecular flexibility index (Phi) is 63.8. The zero-order chi connectivity index (χ0) is 61.2. The molecule has 1 N–H and O–H groups in total. The predicted octanol–water partition coefficient (Wildman–Crippen LogP) is 23.6. The molecule has 0 heterocycles. The molecule has 0 fully saturated rings. The van der Waals surface area contributed by atoms with E-state index in [1.165, 1.54) is 263 Å². The molecule has 2 atom stereocenters. The van der Waals surface area contributed by atoms with Gasteiger partial charge in [0.25, 0.3) is 0 Å². The van der Waals surface area contributed by atoms with Crippen LogP contribution in [0.3, 0.4) is 0 Å². The molecule has 84 heavy (non-hydrogen) atoms. The van der Waals surface area contributed by atoms with Gasteiger partial charge in [0.1, 0.15) is 19.8 Å². The second-order valence-electron chi connectivity index (χ2n) is 26.0. The summed E-state index contributed by atoms with van der Waals surface area (Å²) in [5.41, 5.74) is 0. The van der Waals surface area contributed by atoms with Crippen LogP contribution in [0.5, 0.6) is 0 Å². The first-order valence-electron chi connectivity index (χ1n) is 36.4. The number of phosphoric ester groups is 1. The molecular formula is C74H141NO8P+. The van der Waals surface area contributed by atoms with Gasteiger partial charge in [-0.3, -0.25) is 18.6 Å². The smallest absolute Gasteiger partial charge is 0.462 e. The van der Waals surface area contributed by atoms with Gasteiger partial charge < -0.3 is 18.9 Å². The van der Waals surface area contributed by atoms with Crippen molar-refractivity contribution in [2.24, 2.45) is 0 Å². The van der Waals surface area contributed by atoms with E-state index in [1.807, 2.05) is 21.1 Å². The van der Waals surface area contributed by atoms with Crippen LogP contribution in [0.4, 0.5) is 0 Å². The van der Waals surface area contributed by atoms with Crippen LogP contribution in [-0.2, 0) is 32.7 Å². The van der Waals surface area contributed by atoms with E-state index >= 15 is 0 Å². The molecule has 0 bridgehead atoms. The number of phosphoric acid groups is 1. The summed E-state index contributed by atoms with van der Waals surface area (Å²) in [7, 11) is 1.49. The van der Waals surface area contributed by atoms with Crippen molar-refractivity contribution >= 4 is 19.8 Å². The third-order valence-corrected chi connectivity index (χ3v) is 17.4. The normalized spacial score (nSPS) is 13.4. The molecular weight excluding hydrogens is 1060 g/mol.